The molecule has 0 amide bonds. The number of aromatic hydroxyl groups is 2. The first-order valence-corrected chi connectivity index (χ1v) is 5.02. The van der Waals surface area contributed by atoms with Gasteiger partial charge in [0, 0.05) is 12.1 Å². The van der Waals surface area contributed by atoms with E-state index in [0.29, 0.717) is 6.04 Å². The van der Waals surface area contributed by atoms with Crippen molar-refractivity contribution in [2.45, 2.75) is 19.0 Å². The lowest BCUT2D eigenvalue weighted by atomic mass is 10.1. The van der Waals surface area contributed by atoms with Crippen LogP contribution in [-0.2, 0) is 4.74 Å². The molecule has 1 fully saturated rings. The largest absolute Gasteiger partial charge is 0.508 e. The number of benzene rings is 1. The van der Waals surface area contributed by atoms with E-state index in [-0.39, 0.29) is 17.5 Å². The summed E-state index contributed by atoms with van der Waals surface area (Å²) < 4.78 is 5.06. The first kappa shape index (κ1) is 10.3. The number of nitrogens with one attached hydrogen (secondary N) is 1. The Balaban J connectivity index is 2.06. The van der Waals surface area contributed by atoms with E-state index >= 15 is 0 Å². The quantitative estimate of drug-likeness (QED) is 0.698. The molecule has 1 heterocycles. The Bertz CT molecular complexity index is 329. The van der Waals surface area contributed by atoms with Gasteiger partial charge in [-0.1, -0.05) is 0 Å². The maximum atomic E-state index is 9.34. The second-order valence-corrected chi connectivity index (χ2v) is 3.91. The van der Waals surface area contributed by atoms with Gasteiger partial charge in [0.15, 0.2) is 0 Å². The van der Waals surface area contributed by atoms with Crippen LogP contribution in [0.4, 0.5) is 0 Å². The van der Waals surface area contributed by atoms with Gasteiger partial charge in [0.2, 0.25) is 0 Å². The predicted octanol–water partition coefficient (Wildman–Crippen LogP) is 1.15. The summed E-state index contributed by atoms with van der Waals surface area (Å²) in [6.45, 7) is 3.46. The summed E-state index contributed by atoms with van der Waals surface area (Å²) in [5, 5.41) is 22.0. The lowest BCUT2D eigenvalue weighted by Crippen LogP contribution is -2.46. The van der Waals surface area contributed by atoms with Crippen molar-refractivity contribution >= 4 is 0 Å². The summed E-state index contributed by atoms with van der Waals surface area (Å²) in [4.78, 5) is 0. The van der Waals surface area contributed by atoms with Crippen LogP contribution in [0.25, 0.3) is 0 Å². The Labute approximate surface area is 88.5 Å². The Morgan fingerprint density at radius 2 is 1.87 bits per heavy atom. The minimum Gasteiger partial charge on any atom is -0.508 e. The molecule has 1 atom stereocenters. The SMILES string of the molecule is CC(NC1COC1)c1cc(O)cc(O)c1. The minimum atomic E-state index is 0.0866. The second kappa shape index (κ2) is 4.08. The fourth-order valence-electron chi connectivity index (χ4n) is 1.65. The smallest absolute Gasteiger partial charge is 0.119 e. The van der Waals surface area contributed by atoms with Crippen molar-refractivity contribution in [1.29, 1.82) is 0 Å². The van der Waals surface area contributed by atoms with Crippen molar-refractivity contribution in [2.75, 3.05) is 13.2 Å². The van der Waals surface area contributed by atoms with Crippen LogP contribution in [0.1, 0.15) is 18.5 Å². The number of phenolic OH excluding ortho intramolecular Hbond substituents is 2. The lowest BCUT2D eigenvalue weighted by Gasteiger charge is -2.30. The Morgan fingerprint density at radius 1 is 1.27 bits per heavy atom. The van der Waals surface area contributed by atoms with Gasteiger partial charge >= 0.3 is 0 Å². The van der Waals surface area contributed by atoms with Gasteiger partial charge in [-0.2, -0.15) is 0 Å². The molecule has 1 unspecified atom stereocenters. The highest BCUT2D eigenvalue weighted by Crippen LogP contribution is 2.25. The molecule has 4 nitrogen and oxygen atoms in total. The van der Waals surface area contributed by atoms with Crippen molar-refractivity contribution in [3.8, 4) is 11.5 Å². The van der Waals surface area contributed by atoms with Gasteiger partial charge < -0.3 is 20.3 Å². The van der Waals surface area contributed by atoms with Gasteiger partial charge in [-0.25, -0.2) is 0 Å². The highest BCUT2D eigenvalue weighted by atomic mass is 16.5. The maximum Gasteiger partial charge on any atom is 0.119 e. The summed E-state index contributed by atoms with van der Waals surface area (Å²) >= 11 is 0. The number of hydrogen-bond donors (Lipinski definition) is 3. The molecule has 0 aromatic heterocycles. The molecule has 0 spiro atoms. The van der Waals surface area contributed by atoms with Crippen LogP contribution < -0.4 is 5.32 Å². The van der Waals surface area contributed by atoms with Gasteiger partial charge in [0.1, 0.15) is 11.5 Å². The van der Waals surface area contributed by atoms with E-state index in [0.717, 1.165) is 18.8 Å². The molecule has 1 aliphatic heterocycles. The third kappa shape index (κ3) is 2.40. The Hall–Kier alpha value is -1.26. The summed E-state index contributed by atoms with van der Waals surface area (Å²) in [5.41, 5.74) is 0.874. The molecular formula is C11H15NO3. The van der Waals surface area contributed by atoms with Crippen molar-refractivity contribution < 1.29 is 14.9 Å². The molecular weight excluding hydrogens is 194 g/mol. The fraction of sp³-hybridized carbons (Fsp3) is 0.455. The Morgan fingerprint density at radius 3 is 2.33 bits per heavy atom. The third-order valence-electron chi connectivity index (χ3n) is 2.55. The van der Waals surface area contributed by atoms with E-state index in [1.54, 1.807) is 12.1 Å². The molecule has 1 aromatic carbocycles. The van der Waals surface area contributed by atoms with E-state index < -0.39 is 0 Å². The van der Waals surface area contributed by atoms with Crippen LogP contribution in [0.3, 0.4) is 0 Å². The first-order chi connectivity index (χ1) is 7.15. The average molecular weight is 209 g/mol. The number of hydrogen-bond acceptors (Lipinski definition) is 4. The molecule has 82 valence electrons. The minimum absolute atomic E-state index is 0.0866. The average Bonchev–Trinajstić information content (AvgIpc) is 2.09. The van der Waals surface area contributed by atoms with Crippen molar-refractivity contribution in [3.05, 3.63) is 23.8 Å². The zero-order chi connectivity index (χ0) is 10.8. The van der Waals surface area contributed by atoms with Crippen LogP contribution in [0.15, 0.2) is 18.2 Å². The molecule has 15 heavy (non-hydrogen) atoms. The summed E-state index contributed by atoms with van der Waals surface area (Å²) in [6.07, 6.45) is 0. The monoisotopic (exact) mass is 209 g/mol. The molecule has 0 saturated carbocycles. The number of phenols is 2. The van der Waals surface area contributed by atoms with Crippen LogP contribution in [0.2, 0.25) is 0 Å². The van der Waals surface area contributed by atoms with Crippen molar-refractivity contribution in [1.82, 2.24) is 5.32 Å². The van der Waals surface area contributed by atoms with E-state index in [4.69, 9.17) is 4.74 Å². The standard InChI is InChI=1S/C11H15NO3/c1-7(12-9-5-15-6-9)8-2-10(13)4-11(14)3-8/h2-4,7,9,12-14H,5-6H2,1H3. The zero-order valence-corrected chi connectivity index (χ0v) is 8.60. The molecule has 1 aromatic rings. The summed E-state index contributed by atoms with van der Waals surface area (Å²) in [5.74, 6) is 0.173. The summed E-state index contributed by atoms with van der Waals surface area (Å²) in [6, 6.07) is 5.10. The maximum absolute atomic E-state index is 9.34. The van der Waals surface area contributed by atoms with Crippen LogP contribution in [-0.4, -0.2) is 29.5 Å². The molecule has 1 saturated heterocycles. The Kier molecular flexibility index (Phi) is 2.79. The van der Waals surface area contributed by atoms with E-state index in [1.165, 1.54) is 6.07 Å². The molecule has 0 aliphatic carbocycles. The van der Waals surface area contributed by atoms with Crippen molar-refractivity contribution in [2.24, 2.45) is 0 Å². The van der Waals surface area contributed by atoms with Gasteiger partial charge in [0.25, 0.3) is 0 Å². The van der Waals surface area contributed by atoms with E-state index in [9.17, 15) is 10.2 Å². The van der Waals surface area contributed by atoms with Crippen molar-refractivity contribution in [3.63, 3.8) is 0 Å². The van der Waals surface area contributed by atoms with Gasteiger partial charge in [0.05, 0.1) is 19.3 Å². The summed E-state index contributed by atoms with van der Waals surface area (Å²) in [7, 11) is 0. The second-order valence-electron chi connectivity index (χ2n) is 3.91. The predicted molar refractivity (Wildman–Crippen MR) is 55.9 cm³/mol. The van der Waals surface area contributed by atoms with Gasteiger partial charge in [-0.05, 0) is 24.6 Å². The highest BCUT2D eigenvalue weighted by Gasteiger charge is 2.20. The molecule has 0 bridgehead atoms. The van der Waals surface area contributed by atoms with Gasteiger partial charge in [-0.3, -0.25) is 0 Å². The van der Waals surface area contributed by atoms with E-state index in [1.807, 2.05) is 6.92 Å². The third-order valence-corrected chi connectivity index (χ3v) is 2.55. The van der Waals surface area contributed by atoms with Crippen LogP contribution >= 0.6 is 0 Å². The fourth-order valence-corrected chi connectivity index (χ4v) is 1.65. The van der Waals surface area contributed by atoms with Gasteiger partial charge in [-0.15, -0.1) is 0 Å². The highest BCUT2D eigenvalue weighted by molar-refractivity contribution is 5.37. The molecule has 1 aliphatic rings. The number of rotatable bonds is 3. The lowest BCUT2D eigenvalue weighted by molar-refractivity contribution is -0.00926. The first-order valence-electron chi connectivity index (χ1n) is 5.02. The van der Waals surface area contributed by atoms with Crippen LogP contribution in [0.5, 0.6) is 11.5 Å². The topological polar surface area (TPSA) is 61.7 Å². The van der Waals surface area contributed by atoms with E-state index in [2.05, 4.69) is 5.32 Å². The van der Waals surface area contributed by atoms with Crippen LogP contribution in [0, 0.1) is 0 Å². The zero-order valence-electron chi connectivity index (χ0n) is 8.60. The normalized spacial score (nSPS) is 18.5. The number of ether oxygens (including phenoxy) is 1. The molecule has 2 rings (SSSR count). The molecule has 0 radical (unpaired) electrons. The molecule has 3 N–H and O–H groups in total. The molecule has 4 heteroatoms.